The Bertz CT molecular complexity index is 773. The number of hydrogen-bond donors (Lipinski definition) is 1. The van der Waals surface area contributed by atoms with Crippen molar-refractivity contribution in [2.45, 2.75) is 0 Å². The lowest BCUT2D eigenvalue weighted by atomic mass is 10.1. The Morgan fingerprint density at radius 1 is 1.11 bits per heavy atom. The molecule has 0 aliphatic carbocycles. The molecular weight excluding hydrogens is 232 g/mol. The van der Waals surface area contributed by atoms with Crippen LogP contribution in [0.3, 0.4) is 0 Å². The normalized spacial score (nSPS) is 10.9. The van der Waals surface area contributed by atoms with Crippen molar-refractivity contribution in [3.63, 3.8) is 0 Å². The maximum atomic E-state index is 11.6. The number of fused-ring (bicyclic) bond motifs is 3. The van der Waals surface area contributed by atoms with Crippen LogP contribution in [-0.2, 0) is 0 Å². The zero-order valence-corrected chi connectivity index (χ0v) is 9.42. The van der Waals surface area contributed by atoms with E-state index >= 15 is 0 Å². The molecule has 0 aliphatic rings. The Morgan fingerprint density at radius 2 is 1.94 bits per heavy atom. The maximum absolute atomic E-state index is 11.6. The van der Waals surface area contributed by atoms with Gasteiger partial charge in [0.25, 0.3) is 0 Å². The van der Waals surface area contributed by atoms with E-state index in [-0.39, 0.29) is 5.75 Å². The van der Waals surface area contributed by atoms with Crippen LogP contribution >= 0.6 is 0 Å². The first-order chi connectivity index (χ1) is 8.79. The van der Waals surface area contributed by atoms with Crippen molar-refractivity contribution in [2.24, 2.45) is 0 Å². The van der Waals surface area contributed by atoms with Gasteiger partial charge in [0.05, 0.1) is 0 Å². The Morgan fingerprint density at radius 3 is 2.78 bits per heavy atom. The number of benzene rings is 2. The Balaban J connectivity index is 2.41. The topological polar surface area (TPSA) is 59.7 Å². The lowest BCUT2D eigenvalue weighted by molar-refractivity contribution is 0.0950. The fourth-order valence-electron chi connectivity index (χ4n) is 2.02. The van der Waals surface area contributed by atoms with Gasteiger partial charge < -0.3 is 14.3 Å². The smallest absolute Gasteiger partial charge is 0.379 e. The summed E-state index contributed by atoms with van der Waals surface area (Å²) in [5, 5.41) is 11.5. The minimum atomic E-state index is -0.591. The molecule has 18 heavy (non-hydrogen) atoms. The quantitative estimate of drug-likeness (QED) is 0.425. The van der Waals surface area contributed by atoms with Crippen molar-refractivity contribution >= 4 is 21.7 Å². The van der Waals surface area contributed by atoms with Crippen molar-refractivity contribution < 1.29 is 14.3 Å². The molecule has 0 saturated carbocycles. The van der Waals surface area contributed by atoms with Gasteiger partial charge in [-0.15, -0.1) is 0 Å². The van der Waals surface area contributed by atoms with E-state index in [1.807, 2.05) is 30.3 Å². The Hall–Kier alpha value is -2.33. The highest BCUT2D eigenvalue weighted by molar-refractivity contribution is 6.05. The maximum Gasteiger partial charge on any atom is 0.379 e. The first kappa shape index (κ1) is 10.8. The summed E-state index contributed by atoms with van der Waals surface area (Å²) in [5.41, 5.74) is -0.0872. The largest absolute Gasteiger partial charge is 0.460 e. The average molecular weight is 242 g/mol. The molecular formula is C14H10O4. The molecule has 2 aromatic carbocycles. The van der Waals surface area contributed by atoms with Gasteiger partial charge in [0.1, 0.15) is 5.58 Å². The molecule has 0 unspecified atom stereocenters. The SMILES string of the molecule is O=c1oc2ccc3ccccc3c2cc1OCO. The van der Waals surface area contributed by atoms with Crippen molar-refractivity contribution in [1.29, 1.82) is 0 Å². The second-order valence-corrected chi connectivity index (χ2v) is 3.87. The third-order valence-corrected chi connectivity index (χ3v) is 2.83. The molecule has 0 radical (unpaired) electrons. The third-order valence-electron chi connectivity index (χ3n) is 2.83. The van der Waals surface area contributed by atoms with Gasteiger partial charge in [-0.1, -0.05) is 30.3 Å². The lowest BCUT2D eigenvalue weighted by Gasteiger charge is -2.05. The third kappa shape index (κ3) is 1.63. The van der Waals surface area contributed by atoms with E-state index in [0.717, 1.165) is 16.2 Å². The van der Waals surface area contributed by atoms with Crippen molar-refractivity contribution in [2.75, 3.05) is 6.79 Å². The van der Waals surface area contributed by atoms with Crippen molar-refractivity contribution in [1.82, 2.24) is 0 Å². The van der Waals surface area contributed by atoms with Gasteiger partial charge in [-0.05, 0) is 22.9 Å². The molecule has 0 bridgehead atoms. The van der Waals surface area contributed by atoms with Gasteiger partial charge in [0.15, 0.2) is 6.79 Å². The fraction of sp³-hybridized carbons (Fsp3) is 0.0714. The van der Waals surface area contributed by atoms with Gasteiger partial charge in [0.2, 0.25) is 5.75 Å². The molecule has 1 N–H and O–H groups in total. The van der Waals surface area contributed by atoms with E-state index in [4.69, 9.17) is 14.3 Å². The average Bonchev–Trinajstić information content (AvgIpc) is 2.40. The summed E-state index contributed by atoms with van der Waals surface area (Å²) in [5.74, 6) is 0.0151. The molecule has 4 nitrogen and oxygen atoms in total. The van der Waals surface area contributed by atoms with Gasteiger partial charge in [-0.2, -0.15) is 0 Å². The van der Waals surface area contributed by atoms with E-state index in [1.165, 1.54) is 0 Å². The summed E-state index contributed by atoms with van der Waals surface area (Å²) >= 11 is 0. The van der Waals surface area contributed by atoms with Gasteiger partial charge in [-0.3, -0.25) is 0 Å². The predicted molar refractivity (Wildman–Crippen MR) is 67.7 cm³/mol. The number of rotatable bonds is 2. The highest BCUT2D eigenvalue weighted by atomic mass is 16.6. The van der Waals surface area contributed by atoms with Crippen LogP contribution in [0.5, 0.6) is 5.75 Å². The highest BCUT2D eigenvalue weighted by Crippen LogP contribution is 2.26. The van der Waals surface area contributed by atoms with Crippen LogP contribution in [0.15, 0.2) is 51.7 Å². The van der Waals surface area contributed by atoms with Crippen LogP contribution in [0.2, 0.25) is 0 Å². The van der Waals surface area contributed by atoms with Crippen LogP contribution in [0, 0.1) is 0 Å². The molecule has 1 heterocycles. The summed E-state index contributed by atoms with van der Waals surface area (Å²) in [6.07, 6.45) is 0. The zero-order chi connectivity index (χ0) is 12.5. The molecule has 0 spiro atoms. The van der Waals surface area contributed by atoms with Crippen LogP contribution in [0.4, 0.5) is 0 Å². The molecule has 0 amide bonds. The summed E-state index contributed by atoms with van der Waals surface area (Å²) < 4.78 is 10.0. The summed E-state index contributed by atoms with van der Waals surface area (Å²) in [7, 11) is 0. The van der Waals surface area contributed by atoms with Gasteiger partial charge in [0, 0.05) is 5.39 Å². The van der Waals surface area contributed by atoms with E-state index < -0.39 is 12.4 Å². The Labute approximate surface area is 102 Å². The van der Waals surface area contributed by atoms with Gasteiger partial charge in [-0.25, -0.2) is 4.79 Å². The van der Waals surface area contributed by atoms with Gasteiger partial charge >= 0.3 is 5.63 Å². The summed E-state index contributed by atoms with van der Waals surface area (Å²) in [6, 6.07) is 13.0. The lowest BCUT2D eigenvalue weighted by Crippen LogP contribution is -2.07. The molecule has 0 atom stereocenters. The molecule has 3 rings (SSSR count). The van der Waals surface area contributed by atoms with Crippen molar-refractivity contribution in [3.8, 4) is 5.75 Å². The van der Waals surface area contributed by atoms with Crippen LogP contribution in [0.25, 0.3) is 21.7 Å². The molecule has 90 valence electrons. The zero-order valence-electron chi connectivity index (χ0n) is 9.42. The molecule has 1 aromatic heterocycles. The standard InChI is InChI=1S/C14H10O4/c15-8-17-13-7-11-10-4-2-1-3-9(10)5-6-12(11)18-14(13)16/h1-7,15H,8H2. The number of aliphatic hydroxyl groups is 1. The molecule has 4 heteroatoms. The second kappa shape index (κ2) is 4.16. The van der Waals surface area contributed by atoms with E-state index in [9.17, 15) is 4.79 Å². The van der Waals surface area contributed by atoms with Crippen LogP contribution in [-0.4, -0.2) is 11.9 Å². The molecule has 3 aromatic rings. The summed E-state index contributed by atoms with van der Waals surface area (Å²) in [6.45, 7) is -0.555. The summed E-state index contributed by atoms with van der Waals surface area (Å²) in [4.78, 5) is 11.6. The minimum absolute atomic E-state index is 0.0151. The van der Waals surface area contributed by atoms with Crippen LogP contribution in [0.1, 0.15) is 0 Å². The second-order valence-electron chi connectivity index (χ2n) is 3.87. The van der Waals surface area contributed by atoms with Crippen molar-refractivity contribution in [3.05, 3.63) is 52.9 Å². The van der Waals surface area contributed by atoms with E-state index in [2.05, 4.69) is 0 Å². The highest BCUT2D eigenvalue weighted by Gasteiger charge is 2.08. The minimum Gasteiger partial charge on any atom is -0.460 e. The molecule has 0 fully saturated rings. The monoisotopic (exact) mass is 242 g/mol. The molecule has 0 aliphatic heterocycles. The fourth-order valence-corrected chi connectivity index (χ4v) is 2.02. The number of ether oxygens (including phenoxy) is 1. The van der Waals surface area contributed by atoms with Crippen LogP contribution < -0.4 is 10.4 Å². The predicted octanol–water partition coefficient (Wildman–Crippen LogP) is 2.27. The Kier molecular flexibility index (Phi) is 2.50. The first-order valence-electron chi connectivity index (χ1n) is 5.49. The number of hydrogen-bond acceptors (Lipinski definition) is 4. The van der Waals surface area contributed by atoms with E-state index in [0.29, 0.717) is 5.58 Å². The van der Waals surface area contributed by atoms with E-state index in [1.54, 1.807) is 12.1 Å². The first-order valence-corrected chi connectivity index (χ1v) is 5.49. The molecule has 0 saturated heterocycles. The number of aliphatic hydroxyl groups excluding tert-OH is 1.